The number of hydrogen-bond donors (Lipinski definition) is 0. The van der Waals surface area contributed by atoms with Crippen LogP contribution in [0.2, 0.25) is 0 Å². The Morgan fingerprint density at radius 2 is 0.612 bits per heavy atom. The Morgan fingerprint density at radius 1 is 0.347 bits per heavy atom. The number of ether oxygens (including phenoxy) is 5. The van der Waals surface area contributed by atoms with Crippen LogP contribution in [0.4, 0.5) is 0 Å². The molecule has 0 aliphatic rings. The van der Waals surface area contributed by atoms with Gasteiger partial charge in [0, 0.05) is 10.6 Å². The van der Waals surface area contributed by atoms with Crippen LogP contribution < -0.4 is 55.5 Å². The minimum absolute atomic E-state index is 0.823. The summed E-state index contributed by atoms with van der Waals surface area (Å²) < 4.78 is 29.2. The molecule has 0 saturated carbocycles. The van der Waals surface area contributed by atoms with Crippen LogP contribution in [0.1, 0.15) is 11.1 Å². The van der Waals surface area contributed by atoms with E-state index in [2.05, 4.69) is 98.8 Å². The van der Waals surface area contributed by atoms with E-state index in [-0.39, 0.29) is 0 Å². The molecule has 0 radical (unpaired) electrons. The summed E-state index contributed by atoms with van der Waals surface area (Å²) >= 11 is 0. The number of aryl methyl sites for hydroxylation is 2. The SMILES string of the molecule is COc1ccc(P(c2ccc(OC)cc2)c2cc(C)ccc2Oc2ccc(C)cc2P(c2ccc(OC)cc2)c2ccc(OC)cc2)cc1. The average Bonchev–Trinajstić information content (AvgIpc) is 3.15. The smallest absolute Gasteiger partial charge is 0.135 e. The molecule has 6 aromatic rings. The van der Waals surface area contributed by atoms with Crippen molar-refractivity contribution in [3.63, 3.8) is 0 Å². The standard InChI is InChI=1S/C42H40O5P2/c1-29-7-25-39(41(27-29)48(35-17-9-31(43-3)10-18-35)36-19-11-32(44-4)12-20-36)47-40-26-8-30(2)28-42(40)49(37-21-13-33(45-5)14-22-37)38-23-15-34(46-6)16-24-38/h7-28H,1-6H3. The molecule has 0 amide bonds. The molecule has 0 aliphatic heterocycles. The summed E-state index contributed by atoms with van der Waals surface area (Å²) in [6.45, 7) is 4.26. The molecule has 6 rings (SSSR count). The maximum atomic E-state index is 7.11. The Kier molecular flexibility index (Phi) is 10.8. The van der Waals surface area contributed by atoms with Gasteiger partial charge in [0.25, 0.3) is 0 Å². The van der Waals surface area contributed by atoms with Gasteiger partial charge in [-0.3, -0.25) is 0 Å². The molecule has 0 heterocycles. The molecule has 0 bridgehead atoms. The van der Waals surface area contributed by atoms with Gasteiger partial charge in [0.1, 0.15) is 34.5 Å². The van der Waals surface area contributed by atoms with Crippen LogP contribution in [0.25, 0.3) is 0 Å². The summed E-state index contributed by atoms with van der Waals surface area (Å²) in [5.41, 5.74) is 2.33. The molecule has 5 nitrogen and oxygen atoms in total. The second-order valence-electron chi connectivity index (χ2n) is 11.5. The molecular formula is C42H40O5P2. The lowest BCUT2D eigenvalue weighted by Gasteiger charge is -2.26. The summed E-state index contributed by atoms with van der Waals surface area (Å²) in [4.78, 5) is 0. The Bertz CT molecular complexity index is 1750. The van der Waals surface area contributed by atoms with E-state index < -0.39 is 15.8 Å². The fraction of sp³-hybridized carbons (Fsp3) is 0.143. The Morgan fingerprint density at radius 3 is 0.857 bits per heavy atom. The maximum absolute atomic E-state index is 7.11. The first kappa shape index (κ1) is 34.1. The van der Waals surface area contributed by atoms with Crippen LogP contribution in [-0.4, -0.2) is 28.4 Å². The van der Waals surface area contributed by atoms with E-state index in [4.69, 9.17) is 23.7 Å². The lowest BCUT2D eigenvalue weighted by atomic mass is 10.2. The third kappa shape index (κ3) is 7.75. The van der Waals surface area contributed by atoms with E-state index in [1.54, 1.807) is 28.4 Å². The van der Waals surface area contributed by atoms with Crippen molar-refractivity contribution in [2.45, 2.75) is 13.8 Å². The number of hydrogen-bond acceptors (Lipinski definition) is 5. The van der Waals surface area contributed by atoms with Gasteiger partial charge in [0.05, 0.1) is 28.4 Å². The minimum atomic E-state index is -1.00. The van der Waals surface area contributed by atoms with Crippen molar-refractivity contribution < 1.29 is 23.7 Å². The van der Waals surface area contributed by atoms with E-state index >= 15 is 0 Å². The van der Waals surface area contributed by atoms with Crippen LogP contribution in [0.5, 0.6) is 34.5 Å². The van der Waals surface area contributed by atoms with Gasteiger partial charge < -0.3 is 23.7 Å². The van der Waals surface area contributed by atoms with Crippen molar-refractivity contribution in [2.24, 2.45) is 0 Å². The van der Waals surface area contributed by atoms with Crippen LogP contribution in [0, 0.1) is 13.8 Å². The Balaban J connectivity index is 1.50. The van der Waals surface area contributed by atoms with E-state index in [9.17, 15) is 0 Å². The largest absolute Gasteiger partial charge is 0.497 e. The molecule has 0 atom stereocenters. The third-order valence-corrected chi connectivity index (χ3v) is 13.2. The topological polar surface area (TPSA) is 46.2 Å². The summed E-state index contributed by atoms with van der Waals surface area (Å²) in [5, 5.41) is 7.04. The van der Waals surface area contributed by atoms with E-state index in [0.717, 1.165) is 45.1 Å². The van der Waals surface area contributed by atoms with Crippen molar-refractivity contribution in [3.05, 3.63) is 145 Å². The molecule has 0 N–H and O–H groups in total. The fourth-order valence-electron chi connectivity index (χ4n) is 5.68. The molecule has 7 heteroatoms. The molecule has 248 valence electrons. The molecular weight excluding hydrogens is 646 g/mol. The molecule has 0 fully saturated rings. The first-order valence-corrected chi connectivity index (χ1v) is 18.6. The maximum Gasteiger partial charge on any atom is 0.135 e. The minimum Gasteiger partial charge on any atom is -0.497 e. The highest BCUT2D eigenvalue weighted by atomic mass is 31.1. The molecule has 0 spiro atoms. The summed E-state index contributed by atoms with van der Waals surface area (Å²) in [7, 11) is 4.77. The first-order valence-electron chi connectivity index (χ1n) is 16.0. The van der Waals surface area contributed by atoms with Gasteiger partial charge in [0.2, 0.25) is 0 Å². The number of methoxy groups -OCH3 is 4. The second kappa shape index (κ2) is 15.6. The molecule has 49 heavy (non-hydrogen) atoms. The fourth-order valence-corrected chi connectivity index (χ4v) is 10.5. The van der Waals surface area contributed by atoms with Gasteiger partial charge in [-0.2, -0.15) is 0 Å². The predicted molar refractivity (Wildman–Crippen MR) is 206 cm³/mol. The second-order valence-corrected chi connectivity index (χ2v) is 15.9. The van der Waals surface area contributed by atoms with E-state index in [1.807, 2.05) is 48.5 Å². The lowest BCUT2D eigenvalue weighted by molar-refractivity contribution is 0.415. The predicted octanol–water partition coefficient (Wildman–Crippen LogP) is 7.65. The van der Waals surface area contributed by atoms with E-state index in [1.165, 1.54) is 32.3 Å². The van der Waals surface area contributed by atoms with Crippen molar-refractivity contribution in [2.75, 3.05) is 28.4 Å². The zero-order valence-electron chi connectivity index (χ0n) is 28.6. The average molecular weight is 687 g/mol. The van der Waals surface area contributed by atoms with Gasteiger partial charge in [-0.25, -0.2) is 0 Å². The summed E-state index contributed by atoms with van der Waals surface area (Å²) in [6, 6.07) is 46.5. The van der Waals surface area contributed by atoms with Gasteiger partial charge in [-0.05, 0) is 124 Å². The summed E-state index contributed by atoms with van der Waals surface area (Å²) in [6.07, 6.45) is 0. The van der Waals surface area contributed by atoms with Gasteiger partial charge in [0.15, 0.2) is 0 Å². The zero-order valence-corrected chi connectivity index (χ0v) is 30.4. The molecule has 0 aromatic heterocycles. The Hall–Kier alpha value is -4.82. The molecule has 6 aromatic carbocycles. The van der Waals surface area contributed by atoms with Crippen LogP contribution in [-0.2, 0) is 0 Å². The van der Waals surface area contributed by atoms with Crippen molar-refractivity contribution in [1.82, 2.24) is 0 Å². The van der Waals surface area contributed by atoms with Crippen LogP contribution >= 0.6 is 15.8 Å². The van der Waals surface area contributed by atoms with E-state index in [0.29, 0.717) is 0 Å². The van der Waals surface area contributed by atoms with Gasteiger partial charge in [-0.15, -0.1) is 0 Å². The number of rotatable bonds is 12. The zero-order chi connectivity index (χ0) is 34.3. The normalized spacial score (nSPS) is 11.0. The quantitative estimate of drug-likeness (QED) is 0.124. The van der Waals surface area contributed by atoms with Crippen molar-refractivity contribution in [3.8, 4) is 34.5 Å². The van der Waals surface area contributed by atoms with Crippen LogP contribution in [0.3, 0.4) is 0 Å². The monoisotopic (exact) mass is 686 g/mol. The first-order chi connectivity index (χ1) is 23.9. The molecule has 0 saturated heterocycles. The van der Waals surface area contributed by atoms with Crippen molar-refractivity contribution >= 4 is 47.7 Å². The van der Waals surface area contributed by atoms with Crippen LogP contribution in [0.15, 0.2) is 133 Å². The highest BCUT2D eigenvalue weighted by Crippen LogP contribution is 2.42. The highest BCUT2D eigenvalue weighted by molar-refractivity contribution is 7.80. The summed E-state index contributed by atoms with van der Waals surface area (Å²) in [5.74, 6) is 4.95. The molecule has 0 unspecified atom stereocenters. The number of benzene rings is 6. The Labute approximate surface area is 291 Å². The highest BCUT2D eigenvalue weighted by Gasteiger charge is 2.25. The van der Waals surface area contributed by atoms with Gasteiger partial charge >= 0.3 is 0 Å². The molecule has 0 aliphatic carbocycles. The lowest BCUT2D eigenvalue weighted by Crippen LogP contribution is -2.24. The third-order valence-electron chi connectivity index (χ3n) is 8.25. The van der Waals surface area contributed by atoms with Crippen molar-refractivity contribution in [1.29, 1.82) is 0 Å². The van der Waals surface area contributed by atoms with Gasteiger partial charge in [-0.1, -0.05) is 71.8 Å².